The second-order valence-corrected chi connectivity index (χ2v) is 4.54. The molecule has 0 aliphatic carbocycles. The highest BCUT2D eigenvalue weighted by Gasteiger charge is 2.06. The van der Waals surface area contributed by atoms with Crippen LogP contribution in [0.3, 0.4) is 0 Å². The minimum Gasteiger partial charge on any atom is -0.497 e. The van der Waals surface area contributed by atoms with Crippen molar-refractivity contribution < 1.29 is 9.53 Å². The van der Waals surface area contributed by atoms with Gasteiger partial charge >= 0.3 is 0 Å². The Labute approximate surface area is 124 Å². The highest BCUT2D eigenvalue weighted by Crippen LogP contribution is 2.12. The molecule has 5 heteroatoms. The number of ether oxygens (including phenoxy) is 1. The highest BCUT2D eigenvalue weighted by atomic mass is 16.5. The van der Waals surface area contributed by atoms with Gasteiger partial charge in [0.25, 0.3) is 5.91 Å². The largest absolute Gasteiger partial charge is 0.497 e. The molecule has 0 spiro atoms. The van der Waals surface area contributed by atoms with Gasteiger partial charge in [-0.05, 0) is 36.2 Å². The lowest BCUT2D eigenvalue weighted by molar-refractivity contribution is 0.0954. The van der Waals surface area contributed by atoms with Crippen LogP contribution in [-0.4, -0.2) is 31.6 Å². The van der Waals surface area contributed by atoms with Crippen LogP contribution < -0.4 is 15.4 Å². The van der Waals surface area contributed by atoms with E-state index in [0.717, 1.165) is 17.7 Å². The minimum atomic E-state index is -0.100. The van der Waals surface area contributed by atoms with Gasteiger partial charge in [-0.25, -0.2) is 4.98 Å². The fourth-order valence-electron chi connectivity index (χ4n) is 1.96. The number of benzene rings is 1. The van der Waals surface area contributed by atoms with Crippen LogP contribution in [0, 0.1) is 0 Å². The molecule has 1 heterocycles. The summed E-state index contributed by atoms with van der Waals surface area (Å²) in [4.78, 5) is 16.1. The molecule has 2 rings (SSSR count). The molecule has 0 saturated carbocycles. The van der Waals surface area contributed by atoms with Crippen molar-refractivity contribution in [3.63, 3.8) is 0 Å². The maximum atomic E-state index is 12.0. The summed E-state index contributed by atoms with van der Waals surface area (Å²) in [6, 6.07) is 11.2. The van der Waals surface area contributed by atoms with Crippen molar-refractivity contribution in [1.82, 2.24) is 10.3 Å². The first kappa shape index (κ1) is 14.8. The van der Waals surface area contributed by atoms with Gasteiger partial charge in [-0.1, -0.05) is 12.1 Å². The fraction of sp³-hybridized carbons (Fsp3) is 0.250. The van der Waals surface area contributed by atoms with Crippen LogP contribution in [-0.2, 0) is 6.42 Å². The van der Waals surface area contributed by atoms with Gasteiger partial charge in [-0.3, -0.25) is 4.79 Å². The Morgan fingerprint density at radius 3 is 2.90 bits per heavy atom. The Kier molecular flexibility index (Phi) is 5.15. The maximum Gasteiger partial charge on any atom is 0.251 e. The molecule has 0 fully saturated rings. The summed E-state index contributed by atoms with van der Waals surface area (Å²) in [5, 5.41) is 5.81. The lowest BCUT2D eigenvalue weighted by Crippen LogP contribution is -2.25. The van der Waals surface area contributed by atoms with E-state index in [1.807, 2.05) is 24.3 Å². The van der Waals surface area contributed by atoms with E-state index < -0.39 is 0 Å². The zero-order valence-corrected chi connectivity index (χ0v) is 12.2. The molecule has 0 unspecified atom stereocenters. The van der Waals surface area contributed by atoms with Crippen LogP contribution in [0.1, 0.15) is 15.9 Å². The van der Waals surface area contributed by atoms with E-state index in [-0.39, 0.29) is 5.91 Å². The first-order valence-corrected chi connectivity index (χ1v) is 6.78. The summed E-state index contributed by atoms with van der Waals surface area (Å²) >= 11 is 0. The highest BCUT2D eigenvalue weighted by molar-refractivity contribution is 5.94. The van der Waals surface area contributed by atoms with Gasteiger partial charge in [0.15, 0.2) is 0 Å². The van der Waals surface area contributed by atoms with E-state index >= 15 is 0 Å². The second-order valence-electron chi connectivity index (χ2n) is 4.54. The van der Waals surface area contributed by atoms with Crippen molar-refractivity contribution >= 4 is 11.7 Å². The monoisotopic (exact) mass is 285 g/mol. The topological polar surface area (TPSA) is 63.2 Å². The van der Waals surface area contributed by atoms with E-state index in [2.05, 4.69) is 15.6 Å². The van der Waals surface area contributed by atoms with Crippen molar-refractivity contribution in [3.8, 4) is 5.75 Å². The van der Waals surface area contributed by atoms with Crippen LogP contribution >= 0.6 is 0 Å². The van der Waals surface area contributed by atoms with E-state index in [9.17, 15) is 4.79 Å². The molecule has 0 aliphatic rings. The summed E-state index contributed by atoms with van der Waals surface area (Å²) in [6.45, 7) is 0.573. The van der Waals surface area contributed by atoms with Gasteiger partial charge in [0, 0.05) is 25.4 Å². The summed E-state index contributed by atoms with van der Waals surface area (Å²) in [7, 11) is 3.41. The van der Waals surface area contributed by atoms with Gasteiger partial charge < -0.3 is 15.4 Å². The Hall–Kier alpha value is -2.56. The summed E-state index contributed by atoms with van der Waals surface area (Å²) in [5.74, 6) is 1.40. The van der Waals surface area contributed by atoms with Crippen LogP contribution in [0.2, 0.25) is 0 Å². The quantitative estimate of drug-likeness (QED) is 0.853. The molecular formula is C16H19N3O2. The Morgan fingerprint density at radius 2 is 2.14 bits per heavy atom. The van der Waals surface area contributed by atoms with Gasteiger partial charge in [-0.15, -0.1) is 0 Å². The standard InChI is InChI=1S/C16H19N3O2/c1-17-15-11-13(7-9-18-15)16(20)19-8-6-12-4-3-5-14(10-12)21-2/h3-5,7,9-11H,6,8H2,1-2H3,(H,17,18)(H,19,20). The van der Waals surface area contributed by atoms with Crippen molar-refractivity contribution in [1.29, 1.82) is 0 Å². The van der Waals surface area contributed by atoms with Gasteiger partial charge in [-0.2, -0.15) is 0 Å². The zero-order chi connectivity index (χ0) is 15.1. The minimum absolute atomic E-state index is 0.100. The molecule has 1 aromatic heterocycles. The molecule has 110 valence electrons. The molecular weight excluding hydrogens is 266 g/mol. The molecule has 2 aromatic rings. The number of nitrogens with zero attached hydrogens (tertiary/aromatic N) is 1. The number of rotatable bonds is 6. The number of aromatic nitrogens is 1. The predicted octanol–water partition coefficient (Wildman–Crippen LogP) is 2.10. The molecule has 0 bridgehead atoms. The molecule has 0 aliphatic heterocycles. The number of pyridine rings is 1. The van der Waals surface area contributed by atoms with Gasteiger partial charge in [0.05, 0.1) is 7.11 Å². The summed E-state index contributed by atoms with van der Waals surface area (Å²) in [5.41, 5.74) is 1.72. The predicted molar refractivity (Wildman–Crippen MR) is 82.8 cm³/mol. The number of hydrogen-bond acceptors (Lipinski definition) is 4. The SMILES string of the molecule is CNc1cc(C(=O)NCCc2cccc(OC)c2)ccn1. The normalized spacial score (nSPS) is 10.0. The lowest BCUT2D eigenvalue weighted by atomic mass is 10.1. The van der Waals surface area contributed by atoms with Crippen LogP contribution in [0.5, 0.6) is 5.75 Å². The number of nitrogens with one attached hydrogen (secondary N) is 2. The maximum absolute atomic E-state index is 12.0. The first-order valence-electron chi connectivity index (χ1n) is 6.78. The molecule has 0 radical (unpaired) electrons. The van der Waals surface area contributed by atoms with Crippen LogP contribution in [0.4, 0.5) is 5.82 Å². The molecule has 5 nitrogen and oxygen atoms in total. The number of hydrogen-bond donors (Lipinski definition) is 2. The average Bonchev–Trinajstić information content (AvgIpc) is 2.55. The molecule has 1 aromatic carbocycles. The molecule has 1 amide bonds. The molecule has 0 atom stereocenters. The number of methoxy groups -OCH3 is 1. The van der Waals surface area contributed by atoms with Crippen molar-refractivity contribution in [2.75, 3.05) is 26.0 Å². The van der Waals surface area contributed by atoms with E-state index in [4.69, 9.17) is 4.74 Å². The third kappa shape index (κ3) is 4.21. The van der Waals surface area contributed by atoms with Crippen molar-refractivity contribution in [3.05, 3.63) is 53.7 Å². The zero-order valence-electron chi connectivity index (χ0n) is 12.2. The second kappa shape index (κ2) is 7.28. The van der Waals surface area contributed by atoms with E-state index in [0.29, 0.717) is 17.9 Å². The average molecular weight is 285 g/mol. The fourth-order valence-corrected chi connectivity index (χ4v) is 1.96. The Morgan fingerprint density at radius 1 is 1.29 bits per heavy atom. The number of carbonyl (C=O) groups is 1. The first-order chi connectivity index (χ1) is 10.2. The number of carbonyl (C=O) groups excluding carboxylic acids is 1. The van der Waals surface area contributed by atoms with Gasteiger partial charge in [0.2, 0.25) is 0 Å². The van der Waals surface area contributed by atoms with Crippen LogP contribution in [0.15, 0.2) is 42.6 Å². The third-order valence-electron chi connectivity index (χ3n) is 3.11. The smallest absolute Gasteiger partial charge is 0.251 e. The van der Waals surface area contributed by atoms with E-state index in [1.165, 1.54) is 0 Å². The van der Waals surface area contributed by atoms with Gasteiger partial charge in [0.1, 0.15) is 11.6 Å². The number of anilines is 1. The third-order valence-corrected chi connectivity index (χ3v) is 3.11. The molecule has 21 heavy (non-hydrogen) atoms. The molecule has 0 saturated heterocycles. The number of amides is 1. The Balaban J connectivity index is 1.88. The summed E-state index contributed by atoms with van der Waals surface area (Å²) < 4.78 is 5.18. The van der Waals surface area contributed by atoms with E-state index in [1.54, 1.807) is 32.5 Å². The summed E-state index contributed by atoms with van der Waals surface area (Å²) in [6.07, 6.45) is 2.37. The van der Waals surface area contributed by atoms with Crippen molar-refractivity contribution in [2.45, 2.75) is 6.42 Å². The van der Waals surface area contributed by atoms with Crippen molar-refractivity contribution in [2.24, 2.45) is 0 Å². The molecule has 2 N–H and O–H groups in total. The lowest BCUT2D eigenvalue weighted by Gasteiger charge is -2.07. The van der Waals surface area contributed by atoms with Crippen LogP contribution in [0.25, 0.3) is 0 Å². The Bertz CT molecular complexity index is 614.